The highest BCUT2D eigenvalue weighted by atomic mass is 16.5. The lowest BCUT2D eigenvalue weighted by Crippen LogP contribution is -2.02. The van der Waals surface area contributed by atoms with Gasteiger partial charge in [-0.1, -0.05) is 0 Å². The van der Waals surface area contributed by atoms with Crippen LogP contribution in [0.4, 0.5) is 29.1 Å². The summed E-state index contributed by atoms with van der Waals surface area (Å²) in [5.74, 6) is 2.82. The summed E-state index contributed by atoms with van der Waals surface area (Å²) in [5.41, 5.74) is 19.4. The Hall–Kier alpha value is -4.40. The van der Waals surface area contributed by atoms with Crippen LogP contribution in [0.3, 0.4) is 0 Å². The van der Waals surface area contributed by atoms with E-state index in [1.807, 2.05) is 30.3 Å². The molecule has 9 heteroatoms. The number of ether oxygens (including phenoxy) is 1. The number of benzene rings is 1. The maximum atomic E-state index is 5.86. The van der Waals surface area contributed by atoms with Gasteiger partial charge in [0.25, 0.3) is 0 Å². The molecule has 144 valence electrons. The average molecular weight is 386 g/mol. The van der Waals surface area contributed by atoms with Crippen LogP contribution in [0.15, 0.2) is 67.0 Å². The predicted octanol–water partition coefficient (Wildman–Crippen LogP) is 3.22. The molecule has 0 amide bonds. The molecular formula is C20H18N8O. The fraction of sp³-hybridized carbons (Fsp3) is 0. The fourth-order valence-corrected chi connectivity index (χ4v) is 2.62. The van der Waals surface area contributed by atoms with Crippen LogP contribution in [0, 0.1) is 0 Å². The highest BCUT2D eigenvalue weighted by Gasteiger charge is 2.07. The number of anilines is 5. The first-order chi connectivity index (χ1) is 14.0. The second kappa shape index (κ2) is 7.69. The van der Waals surface area contributed by atoms with Crippen molar-refractivity contribution in [1.29, 1.82) is 0 Å². The molecule has 0 saturated carbocycles. The van der Waals surface area contributed by atoms with E-state index in [1.54, 1.807) is 36.7 Å². The zero-order valence-corrected chi connectivity index (χ0v) is 15.3. The quantitative estimate of drug-likeness (QED) is 0.405. The van der Waals surface area contributed by atoms with E-state index in [0.717, 1.165) is 11.3 Å². The minimum atomic E-state index is 0.150. The van der Waals surface area contributed by atoms with Crippen molar-refractivity contribution >= 4 is 29.1 Å². The molecule has 3 heterocycles. The monoisotopic (exact) mass is 386 g/mol. The first kappa shape index (κ1) is 18.0. The van der Waals surface area contributed by atoms with Crippen molar-refractivity contribution in [1.82, 2.24) is 19.9 Å². The number of hydrogen-bond acceptors (Lipinski definition) is 9. The summed E-state index contributed by atoms with van der Waals surface area (Å²) in [6.07, 6.45) is 3.23. The lowest BCUT2D eigenvalue weighted by atomic mass is 10.2. The van der Waals surface area contributed by atoms with E-state index in [2.05, 4.69) is 25.3 Å². The van der Waals surface area contributed by atoms with Crippen molar-refractivity contribution in [2.75, 3.05) is 22.5 Å². The number of nitrogens with two attached hydrogens (primary N) is 3. The van der Waals surface area contributed by atoms with Gasteiger partial charge in [0.05, 0.1) is 5.69 Å². The SMILES string of the molecule is Nc1ccc(-c2cc(Nc3ccc(Oc4ccnc(N)c4)cc3)nc(N)n2)cn1. The maximum absolute atomic E-state index is 5.86. The van der Waals surface area contributed by atoms with Gasteiger partial charge < -0.3 is 27.3 Å². The Morgan fingerprint density at radius 3 is 2.31 bits per heavy atom. The molecule has 1 aromatic carbocycles. The number of rotatable bonds is 5. The third kappa shape index (κ3) is 4.48. The number of nitrogens with zero attached hydrogens (tertiary/aromatic N) is 4. The molecule has 0 aliphatic rings. The Morgan fingerprint density at radius 2 is 1.59 bits per heavy atom. The number of aromatic nitrogens is 4. The second-order valence-electron chi connectivity index (χ2n) is 6.14. The molecule has 0 radical (unpaired) electrons. The van der Waals surface area contributed by atoms with Gasteiger partial charge in [-0.3, -0.25) is 0 Å². The molecule has 0 aliphatic carbocycles. The Kier molecular flexibility index (Phi) is 4.77. The third-order valence-corrected chi connectivity index (χ3v) is 3.94. The van der Waals surface area contributed by atoms with Gasteiger partial charge in [-0.2, -0.15) is 4.98 Å². The van der Waals surface area contributed by atoms with Gasteiger partial charge in [-0.05, 0) is 42.5 Å². The molecule has 0 saturated heterocycles. The van der Waals surface area contributed by atoms with E-state index in [0.29, 0.717) is 34.6 Å². The number of nitrogens with one attached hydrogen (secondary N) is 1. The van der Waals surface area contributed by atoms with E-state index in [9.17, 15) is 0 Å². The maximum Gasteiger partial charge on any atom is 0.222 e. The van der Waals surface area contributed by atoms with Crippen LogP contribution in [0.25, 0.3) is 11.3 Å². The summed E-state index contributed by atoms with van der Waals surface area (Å²) in [4.78, 5) is 16.5. The van der Waals surface area contributed by atoms with Crippen LogP contribution in [-0.2, 0) is 0 Å². The molecule has 29 heavy (non-hydrogen) atoms. The number of pyridine rings is 2. The zero-order chi connectivity index (χ0) is 20.2. The molecule has 0 unspecified atom stereocenters. The summed E-state index contributed by atoms with van der Waals surface area (Å²) >= 11 is 0. The van der Waals surface area contributed by atoms with Crippen LogP contribution in [-0.4, -0.2) is 19.9 Å². The topological polar surface area (TPSA) is 151 Å². The second-order valence-corrected chi connectivity index (χ2v) is 6.14. The minimum absolute atomic E-state index is 0.150. The molecule has 0 spiro atoms. The van der Waals surface area contributed by atoms with Crippen LogP contribution in [0.2, 0.25) is 0 Å². The fourth-order valence-electron chi connectivity index (χ4n) is 2.62. The van der Waals surface area contributed by atoms with Crippen molar-refractivity contribution in [2.24, 2.45) is 0 Å². The molecule has 4 rings (SSSR count). The van der Waals surface area contributed by atoms with E-state index in [4.69, 9.17) is 21.9 Å². The van der Waals surface area contributed by atoms with Gasteiger partial charge in [-0.25, -0.2) is 15.0 Å². The van der Waals surface area contributed by atoms with Gasteiger partial charge in [-0.15, -0.1) is 0 Å². The summed E-state index contributed by atoms with van der Waals surface area (Å²) in [7, 11) is 0. The van der Waals surface area contributed by atoms with Gasteiger partial charge in [0, 0.05) is 35.8 Å². The lowest BCUT2D eigenvalue weighted by Gasteiger charge is -2.10. The first-order valence-corrected chi connectivity index (χ1v) is 8.68. The van der Waals surface area contributed by atoms with Gasteiger partial charge in [0.15, 0.2) is 0 Å². The third-order valence-electron chi connectivity index (χ3n) is 3.94. The summed E-state index contributed by atoms with van der Waals surface area (Å²) < 4.78 is 5.76. The van der Waals surface area contributed by atoms with E-state index in [1.165, 1.54) is 0 Å². The van der Waals surface area contributed by atoms with E-state index in [-0.39, 0.29) is 5.95 Å². The summed E-state index contributed by atoms with van der Waals surface area (Å²) in [5, 5.41) is 3.20. The lowest BCUT2D eigenvalue weighted by molar-refractivity contribution is 0.482. The largest absolute Gasteiger partial charge is 0.457 e. The normalized spacial score (nSPS) is 10.5. The van der Waals surface area contributed by atoms with Crippen LogP contribution < -0.4 is 27.3 Å². The molecule has 9 nitrogen and oxygen atoms in total. The van der Waals surface area contributed by atoms with Crippen LogP contribution in [0.5, 0.6) is 11.5 Å². The Labute approximate surface area is 166 Å². The van der Waals surface area contributed by atoms with Crippen LogP contribution in [0.1, 0.15) is 0 Å². The first-order valence-electron chi connectivity index (χ1n) is 8.68. The molecule has 7 N–H and O–H groups in total. The minimum Gasteiger partial charge on any atom is -0.457 e. The van der Waals surface area contributed by atoms with Crippen molar-refractivity contribution in [3.05, 3.63) is 67.0 Å². The smallest absolute Gasteiger partial charge is 0.222 e. The molecule has 0 bridgehead atoms. The van der Waals surface area contributed by atoms with E-state index >= 15 is 0 Å². The molecule has 0 fully saturated rings. The molecule has 3 aromatic heterocycles. The number of hydrogen-bond donors (Lipinski definition) is 4. The Morgan fingerprint density at radius 1 is 0.759 bits per heavy atom. The van der Waals surface area contributed by atoms with Gasteiger partial charge in [0.2, 0.25) is 5.95 Å². The summed E-state index contributed by atoms with van der Waals surface area (Å²) in [6, 6.07) is 16.1. The summed E-state index contributed by atoms with van der Waals surface area (Å²) in [6.45, 7) is 0. The standard InChI is InChI=1S/C20H18N8O/c21-17-6-1-12(11-25-17)16-10-19(28-20(23)27-16)26-13-2-4-14(5-3-13)29-15-7-8-24-18(22)9-15/h1-11H,(H2,21,25)(H2,22,24)(H3,23,26,27,28). The van der Waals surface area contributed by atoms with Gasteiger partial charge >= 0.3 is 0 Å². The Bertz CT molecular complexity index is 1130. The van der Waals surface area contributed by atoms with Crippen LogP contribution >= 0.6 is 0 Å². The predicted molar refractivity (Wildman–Crippen MR) is 113 cm³/mol. The molecule has 0 aliphatic heterocycles. The molecular weight excluding hydrogens is 368 g/mol. The molecule has 4 aromatic rings. The van der Waals surface area contributed by atoms with E-state index < -0.39 is 0 Å². The highest BCUT2D eigenvalue weighted by Crippen LogP contribution is 2.26. The molecule has 0 atom stereocenters. The average Bonchev–Trinajstić information content (AvgIpc) is 2.70. The van der Waals surface area contributed by atoms with Crippen molar-refractivity contribution in [2.45, 2.75) is 0 Å². The Balaban J connectivity index is 1.51. The number of nitrogen functional groups attached to an aromatic ring is 3. The zero-order valence-electron chi connectivity index (χ0n) is 15.3. The van der Waals surface area contributed by atoms with Crippen molar-refractivity contribution < 1.29 is 4.74 Å². The van der Waals surface area contributed by atoms with Crippen molar-refractivity contribution in [3.63, 3.8) is 0 Å². The van der Waals surface area contributed by atoms with Gasteiger partial charge in [0.1, 0.15) is 29.0 Å². The van der Waals surface area contributed by atoms with Crippen molar-refractivity contribution in [3.8, 4) is 22.8 Å². The highest BCUT2D eigenvalue weighted by molar-refractivity contribution is 5.67.